The minimum absolute atomic E-state index is 0.0736. The Morgan fingerprint density at radius 1 is 1.06 bits per heavy atom. The van der Waals surface area contributed by atoms with Gasteiger partial charge in [0, 0.05) is 29.0 Å². The maximum atomic E-state index is 14.3. The van der Waals surface area contributed by atoms with Gasteiger partial charge in [-0.2, -0.15) is 18.4 Å². The quantitative estimate of drug-likeness (QED) is 0.435. The van der Waals surface area contributed by atoms with E-state index in [1.54, 1.807) is 24.3 Å². The number of fused-ring (bicyclic) bond motifs is 1. The van der Waals surface area contributed by atoms with Crippen molar-refractivity contribution in [3.05, 3.63) is 81.3 Å². The van der Waals surface area contributed by atoms with Gasteiger partial charge < -0.3 is 10.1 Å². The topological polar surface area (TPSA) is 62.1 Å². The van der Waals surface area contributed by atoms with Crippen LogP contribution < -0.4 is 10.1 Å². The zero-order valence-corrected chi connectivity index (χ0v) is 18.6. The van der Waals surface area contributed by atoms with Gasteiger partial charge in [-0.05, 0) is 59.2 Å². The Kier molecular flexibility index (Phi) is 5.77. The molecule has 1 atom stereocenters. The van der Waals surface area contributed by atoms with Crippen molar-refractivity contribution < 1.29 is 22.7 Å². The monoisotopic (exact) mass is 490 g/mol. The first-order valence-electron chi connectivity index (χ1n) is 9.70. The predicted octanol–water partition coefficient (Wildman–Crippen LogP) is 6.88. The second-order valence-corrected chi connectivity index (χ2v) is 8.51. The number of anilines is 1. The van der Waals surface area contributed by atoms with Gasteiger partial charge in [-0.1, -0.05) is 35.3 Å². The minimum atomic E-state index is -4.74. The van der Waals surface area contributed by atoms with E-state index in [4.69, 9.17) is 27.9 Å². The Hall–Kier alpha value is -3.21. The highest BCUT2D eigenvalue weighted by atomic mass is 35.5. The average Bonchev–Trinajstić information content (AvgIpc) is 3.13. The molecule has 0 aliphatic carbocycles. The summed E-state index contributed by atoms with van der Waals surface area (Å²) >= 11 is 11.9. The maximum absolute atomic E-state index is 14.3. The first kappa shape index (κ1) is 23.0. The fourth-order valence-corrected chi connectivity index (χ4v) is 4.40. The number of hydrogen-bond donors (Lipinski definition) is 1. The summed E-state index contributed by atoms with van der Waals surface area (Å²) in [4.78, 5) is 11.5. The Balaban J connectivity index is 1.77. The molecule has 3 aromatic carbocycles. The molecule has 0 fully saturated rings. The zero-order chi connectivity index (χ0) is 24.0. The van der Waals surface area contributed by atoms with Crippen LogP contribution in [-0.2, 0) is 16.8 Å². The molecule has 1 amide bonds. The highest BCUT2D eigenvalue weighted by Gasteiger charge is 2.61. The second-order valence-electron chi connectivity index (χ2n) is 7.64. The van der Waals surface area contributed by atoms with Gasteiger partial charge in [-0.15, -0.1) is 0 Å². The summed E-state index contributed by atoms with van der Waals surface area (Å²) in [7, 11) is 0. The summed E-state index contributed by atoms with van der Waals surface area (Å²) in [5.41, 5.74) is -0.645. The van der Waals surface area contributed by atoms with Gasteiger partial charge in [0.2, 0.25) is 11.5 Å². The fraction of sp³-hybridized carbons (Fsp3) is 0.167. The van der Waals surface area contributed by atoms with E-state index >= 15 is 0 Å². The maximum Gasteiger partial charge on any atom is 0.432 e. The number of carbonyl (C=O) groups excluding carboxylic acids is 1. The number of rotatable bonds is 3. The van der Waals surface area contributed by atoms with Crippen molar-refractivity contribution in [1.29, 1.82) is 5.26 Å². The first-order chi connectivity index (χ1) is 15.5. The predicted molar refractivity (Wildman–Crippen MR) is 119 cm³/mol. The molecule has 1 heterocycles. The molecule has 1 N–H and O–H groups in total. The number of alkyl halides is 3. The lowest BCUT2D eigenvalue weighted by Gasteiger charge is -2.31. The number of halogens is 5. The molecule has 1 aliphatic heterocycles. The van der Waals surface area contributed by atoms with Crippen LogP contribution in [0, 0.1) is 11.3 Å². The van der Waals surface area contributed by atoms with Gasteiger partial charge in [0.1, 0.15) is 11.8 Å². The van der Waals surface area contributed by atoms with Crippen molar-refractivity contribution in [3.63, 3.8) is 0 Å². The van der Waals surface area contributed by atoms with Gasteiger partial charge in [0.15, 0.2) is 0 Å². The van der Waals surface area contributed by atoms with E-state index in [1.165, 1.54) is 37.3 Å². The van der Waals surface area contributed by atoms with Crippen LogP contribution in [0.2, 0.25) is 10.0 Å². The van der Waals surface area contributed by atoms with Crippen molar-refractivity contribution in [3.8, 4) is 22.9 Å². The summed E-state index contributed by atoms with van der Waals surface area (Å²) < 4.78 is 48.5. The molecule has 4 nitrogen and oxygen atoms in total. The summed E-state index contributed by atoms with van der Waals surface area (Å²) in [6.45, 7) is 1.32. The number of amides is 1. The number of hydrogen-bond acceptors (Lipinski definition) is 3. The van der Waals surface area contributed by atoms with Crippen LogP contribution in [0.25, 0.3) is 11.1 Å². The van der Waals surface area contributed by atoms with E-state index in [9.17, 15) is 23.2 Å². The lowest BCUT2D eigenvalue weighted by molar-refractivity contribution is -0.248. The number of nitrogens with zero attached hydrogens (tertiary/aromatic N) is 1. The highest BCUT2D eigenvalue weighted by molar-refractivity contribution is 6.34. The van der Waals surface area contributed by atoms with Gasteiger partial charge in [-0.25, -0.2) is 0 Å². The Bertz CT molecular complexity index is 1300. The van der Waals surface area contributed by atoms with Crippen LogP contribution in [0.5, 0.6) is 5.75 Å². The third-order valence-corrected chi connectivity index (χ3v) is 5.79. The zero-order valence-electron chi connectivity index (χ0n) is 17.1. The van der Waals surface area contributed by atoms with Crippen LogP contribution in [0.4, 0.5) is 18.9 Å². The molecular weight excluding hydrogens is 476 g/mol. The highest BCUT2D eigenvalue weighted by Crippen LogP contribution is 2.52. The van der Waals surface area contributed by atoms with Gasteiger partial charge in [-0.3, -0.25) is 4.79 Å². The molecule has 0 bridgehead atoms. The normalized spacial score (nSPS) is 17.1. The van der Waals surface area contributed by atoms with E-state index < -0.39 is 18.2 Å². The van der Waals surface area contributed by atoms with E-state index in [2.05, 4.69) is 5.32 Å². The number of ether oxygens (including phenoxy) is 1. The molecule has 9 heteroatoms. The molecule has 33 heavy (non-hydrogen) atoms. The third-order valence-electron chi connectivity index (χ3n) is 5.35. The largest absolute Gasteiger partial charge is 0.472 e. The van der Waals surface area contributed by atoms with Crippen molar-refractivity contribution in [1.82, 2.24) is 0 Å². The molecule has 3 aromatic rings. The molecule has 1 aliphatic rings. The lowest BCUT2D eigenvalue weighted by Crippen LogP contribution is -2.46. The summed E-state index contributed by atoms with van der Waals surface area (Å²) in [6.07, 6.45) is -5.21. The molecule has 0 radical (unpaired) electrons. The number of nitriles is 1. The minimum Gasteiger partial charge on any atom is -0.472 e. The molecule has 1 unspecified atom stereocenters. The Morgan fingerprint density at radius 3 is 2.30 bits per heavy atom. The Labute approximate surface area is 197 Å². The van der Waals surface area contributed by atoms with Gasteiger partial charge in [0.05, 0.1) is 11.3 Å². The second kappa shape index (κ2) is 8.29. The number of carbonyl (C=O) groups is 1. The molecule has 0 saturated heterocycles. The summed E-state index contributed by atoms with van der Waals surface area (Å²) in [6, 6.07) is 15.3. The van der Waals surface area contributed by atoms with Crippen molar-refractivity contribution in [2.24, 2.45) is 0 Å². The standard InChI is InChI=1S/C24H15Cl2F3N2O2/c1-13(32)31-21-7-15(2-3-16(21)12-30)14-4-5-22-17(6-14)11-23(33-22,24(27,28)29)18-8-19(25)10-20(26)9-18/h2-10H,11H2,1H3,(H,31,32). The SMILES string of the molecule is CC(=O)Nc1cc(-c2ccc3c(c2)CC(c2cc(Cl)cc(Cl)c2)(C(F)(F)F)O3)ccc1C#N. The van der Waals surface area contributed by atoms with E-state index in [1.807, 2.05) is 6.07 Å². The molecule has 0 aromatic heterocycles. The molecule has 168 valence electrons. The fourth-order valence-electron chi connectivity index (χ4n) is 3.87. The lowest BCUT2D eigenvalue weighted by atomic mass is 9.87. The van der Waals surface area contributed by atoms with Crippen molar-refractivity contribution in [2.75, 3.05) is 5.32 Å². The van der Waals surface area contributed by atoms with E-state index in [0.29, 0.717) is 22.4 Å². The summed E-state index contributed by atoms with van der Waals surface area (Å²) in [5, 5.41) is 12.0. The van der Waals surface area contributed by atoms with Crippen LogP contribution in [-0.4, -0.2) is 12.1 Å². The molecule has 0 spiro atoms. The molecule has 0 saturated carbocycles. The average molecular weight is 491 g/mol. The third kappa shape index (κ3) is 4.24. The smallest absolute Gasteiger partial charge is 0.432 e. The van der Waals surface area contributed by atoms with Crippen LogP contribution in [0.3, 0.4) is 0 Å². The van der Waals surface area contributed by atoms with Gasteiger partial charge >= 0.3 is 6.18 Å². The van der Waals surface area contributed by atoms with Crippen molar-refractivity contribution in [2.45, 2.75) is 25.1 Å². The number of benzene rings is 3. The van der Waals surface area contributed by atoms with E-state index in [-0.39, 0.29) is 32.8 Å². The van der Waals surface area contributed by atoms with Crippen molar-refractivity contribution >= 4 is 34.8 Å². The molecule has 4 rings (SSSR count). The first-order valence-corrected chi connectivity index (χ1v) is 10.5. The van der Waals surface area contributed by atoms with Crippen LogP contribution in [0.1, 0.15) is 23.6 Å². The molecular formula is C24H15Cl2F3N2O2. The van der Waals surface area contributed by atoms with Crippen LogP contribution in [0.15, 0.2) is 54.6 Å². The Morgan fingerprint density at radius 2 is 1.70 bits per heavy atom. The van der Waals surface area contributed by atoms with Gasteiger partial charge in [0.25, 0.3) is 0 Å². The summed E-state index contributed by atoms with van der Waals surface area (Å²) in [5.74, 6) is -0.246. The van der Waals surface area contributed by atoms with E-state index in [0.717, 1.165) is 0 Å². The number of nitrogens with one attached hydrogen (secondary N) is 1. The van der Waals surface area contributed by atoms with Crippen LogP contribution >= 0.6 is 23.2 Å².